The van der Waals surface area contributed by atoms with Crippen LogP contribution in [-0.4, -0.2) is 40.2 Å². The predicted octanol–water partition coefficient (Wildman–Crippen LogP) is 1.21. The summed E-state index contributed by atoms with van der Waals surface area (Å²) in [5.74, 6) is 1.57. The minimum absolute atomic E-state index is 0.150. The van der Waals surface area contributed by atoms with Gasteiger partial charge in [-0.1, -0.05) is 12.1 Å². The standard InChI is InChI=1S/C12H22N4O/c1-4-5-10-14-11(17-15-10)8-16-7-6-13-9-12(16,2)3/h13H,4-9H2,1-3H3. The maximum Gasteiger partial charge on any atom is 0.240 e. The number of nitrogens with zero attached hydrogens (tertiary/aromatic N) is 3. The van der Waals surface area contributed by atoms with Gasteiger partial charge in [0.25, 0.3) is 0 Å². The Bertz CT molecular complexity index is 361. The van der Waals surface area contributed by atoms with E-state index in [1.807, 2.05) is 0 Å². The fraction of sp³-hybridized carbons (Fsp3) is 0.833. The molecule has 0 amide bonds. The summed E-state index contributed by atoms with van der Waals surface area (Å²) >= 11 is 0. The average molecular weight is 238 g/mol. The van der Waals surface area contributed by atoms with Crippen LogP contribution >= 0.6 is 0 Å². The fourth-order valence-corrected chi connectivity index (χ4v) is 2.16. The molecule has 96 valence electrons. The monoisotopic (exact) mass is 238 g/mol. The summed E-state index contributed by atoms with van der Waals surface area (Å²) in [6.07, 6.45) is 1.95. The number of aromatic nitrogens is 2. The molecule has 2 heterocycles. The van der Waals surface area contributed by atoms with Crippen LogP contribution in [-0.2, 0) is 13.0 Å². The smallest absolute Gasteiger partial charge is 0.240 e. The van der Waals surface area contributed by atoms with Crippen LogP contribution < -0.4 is 5.32 Å². The number of aryl methyl sites for hydroxylation is 1. The predicted molar refractivity (Wildman–Crippen MR) is 65.7 cm³/mol. The molecule has 0 aromatic carbocycles. The highest BCUT2D eigenvalue weighted by Crippen LogP contribution is 2.18. The second kappa shape index (κ2) is 5.14. The quantitative estimate of drug-likeness (QED) is 0.854. The number of hydrogen-bond acceptors (Lipinski definition) is 5. The normalized spacial score (nSPS) is 20.6. The first kappa shape index (κ1) is 12.5. The van der Waals surface area contributed by atoms with Crippen LogP contribution in [0.5, 0.6) is 0 Å². The van der Waals surface area contributed by atoms with Gasteiger partial charge in [0.15, 0.2) is 5.82 Å². The van der Waals surface area contributed by atoms with Crippen LogP contribution in [0.2, 0.25) is 0 Å². The van der Waals surface area contributed by atoms with Crippen molar-refractivity contribution in [3.8, 4) is 0 Å². The van der Waals surface area contributed by atoms with Crippen LogP contribution in [0.4, 0.5) is 0 Å². The van der Waals surface area contributed by atoms with E-state index in [1.165, 1.54) is 0 Å². The third-order valence-corrected chi connectivity index (χ3v) is 3.28. The molecular formula is C12H22N4O. The Morgan fingerprint density at radius 1 is 1.47 bits per heavy atom. The van der Waals surface area contributed by atoms with Crippen molar-refractivity contribution in [2.45, 2.75) is 45.7 Å². The van der Waals surface area contributed by atoms with E-state index in [-0.39, 0.29) is 5.54 Å². The van der Waals surface area contributed by atoms with Gasteiger partial charge in [-0.3, -0.25) is 4.90 Å². The van der Waals surface area contributed by atoms with E-state index >= 15 is 0 Å². The van der Waals surface area contributed by atoms with Gasteiger partial charge in [0.2, 0.25) is 5.89 Å². The summed E-state index contributed by atoms with van der Waals surface area (Å²) in [4.78, 5) is 6.82. The minimum atomic E-state index is 0.150. The van der Waals surface area contributed by atoms with Crippen molar-refractivity contribution < 1.29 is 4.52 Å². The van der Waals surface area contributed by atoms with Gasteiger partial charge in [0.1, 0.15) is 0 Å². The van der Waals surface area contributed by atoms with Gasteiger partial charge in [-0.05, 0) is 20.3 Å². The summed E-state index contributed by atoms with van der Waals surface area (Å²) in [6.45, 7) is 10.4. The molecule has 0 unspecified atom stereocenters. The summed E-state index contributed by atoms with van der Waals surface area (Å²) in [5, 5.41) is 7.40. The number of hydrogen-bond donors (Lipinski definition) is 1. The molecule has 1 aromatic rings. The first-order chi connectivity index (χ1) is 8.12. The lowest BCUT2D eigenvalue weighted by Crippen LogP contribution is -2.57. The highest BCUT2D eigenvalue weighted by Gasteiger charge is 2.30. The lowest BCUT2D eigenvalue weighted by atomic mass is 10.0. The minimum Gasteiger partial charge on any atom is -0.338 e. The molecule has 1 N–H and O–H groups in total. The molecule has 0 bridgehead atoms. The molecule has 0 spiro atoms. The van der Waals surface area contributed by atoms with E-state index in [9.17, 15) is 0 Å². The molecule has 2 rings (SSSR count). The van der Waals surface area contributed by atoms with E-state index < -0.39 is 0 Å². The Morgan fingerprint density at radius 2 is 2.29 bits per heavy atom. The van der Waals surface area contributed by atoms with Crippen LogP contribution in [0.1, 0.15) is 38.9 Å². The molecular weight excluding hydrogens is 216 g/mol. The zero-order chi connectivity index (χ0) is 12.3. The highest BCUT2D eigenvalue weighted by molar-refractivity contribution is 4.93. The fourth-order valence-electron chi connectivity index (χ4n) is 2.16. The van der Waals surface area contributed by atoms with Crippen LogP contribution in [0, 0.1) is 0 Å². The maximum absolute atomic E-state index is 5.29. The molecule has 1 aliphatic rings. The van der Waals surface area contributed by atoms with Gasteiger partial charge in [0, 0.05) is 31.6 Å². The molecule has 1 aliphatic heterocycles. The molecule has 0 saturated carbocycles. The molecule has 1 saturated heterocycles. The zero-order valence-corrected chi connectivity index (χ0v) is 11.0. The van der Waals surface area contributed by atoms with Crippen LogP contribution in [0.3, 0.4) is 0 Å². The SMILES string of the molecule is CCCc1noc(CN2CCNCC2(C)C)n1. The topological polar surface area (TPSA) is 54.2 Å². The van der Waals surface area contributed by atoms with Crippen molar-refractivity contribution in [3.05, 3.63) is 11.7 Å². The Hall–Kier alpha value is -0.940. The molecule has 0 radical (unpaired) electrons. The largest absolute Gasteiger partial charge is 0.338 e. The van der Waals surface area contributed by atoms with E-state index in [0.717, 1.165) is 50.7 Å². The Balaban J connectivity index is 1.98. The molecule has 5 heteroatoms. The number of rotatable bonds is 4. The van der Waals surface area contributed by atoms with Gasteiger partial charge in [-0.2, -0.15) is 4.98 Å². The van der Waals surface area contributed by atoms with Crippen molar-refractivity contribution in [3.63, 3.8) is 0 Å². The van der Waals surface area contributed by atoms with Crippen LogP contribution in [0.25, 0.3) is 0 Å². The summed E-state index contributed by atoms with van der Waals surface area (Å²) in [7, 11) is 0. The molecule has 0 aliphatic carbocycles. The van der Waals surface area contributed by atoms with Crippen molar-refractivity contribution in [1.82, 2.24) is 20.4 Å². The number of nitrogens with one attached hydrogen (secondary N) is 1. The van der Waals surface area contributed by atoms with E-state index in [0.29, 0.717) is 0 Å². The van der Waals surface area contributed by atoms with Gasteiger partial charge < -0.3 is 9.84 Å². The molecule has 1 aromatic heterocycles. The Labute approximate surface area is 103 Å². The molecule has 0 atom stereocenters. The summed E-state index contributed by atoms with van der Waals surface area (Å²) in [5.41, 5.74) is 0.150. The Morgan fingerprint density at radius 3 is 3.00 bits per heavy atom. The summed E-state index contributed by atoms with van der Waals surface area (Å²) in [6, 6.07) is 0. The second-order valence-corrected chi connectivity index (χ2v) is 5.27. The van der Waals surface area contributed by atoms with Crippen molar-refractivity contribution in [2.24, 2.45) is 0 Å². The average Bonchev–Trinajstić information content (AvgIpc) is 2.70. The zero-order valence-electron chi connectivity index (χ0n) is 11.0. The lowest BCUT2D eigenvalue weighted by Gasteiger charge is -2.41. The molecule has 17 heavy (non-hydrogen) atoms. The van der Waals surface area contributed by atoms with Gasteiger partial charge >= 0.3 is 0 Å². The second-order valence-electron chi connectivity index (χ2n) is 5.27. The van der Waals surface area contributed by atoms with Crippen molar-refractivity contribution >= 4 is 0 Å². The van der Waals surface area contributed by atoms with Crippen LogP contribution in [0.15, 0.2) is 4.52 Å². The van der Waals surface area contributed by atoms with E-state index in [2.05, 4.69) is 41.1 Å². The van der Waals surface area contributed by atoms with Gasteiger partial charge in [-0.25, -0.2) is 0 Å². The maximum atomic E-state index is 5.29. The van der Waals surface area contributed by atoms with E-state index in [4.69, 9.17) is 4.52 Å². The van der Waals surface area contributed by atoms with Gasteiger partial charge in [-0.15, -0.1) is 0 Å². The third kappa shape index (κ3) is 3.04. The lowest BCUT2D eigenvalue weighted by molar-refractivity contribution is 0.0711. The highest BCUT2D eigenvalue weighted by atomic mass is 16.5. The summed E-state index contributed by atoms with van der Waals surface area (Å²) < 4.78 is 5.29. The van der Waals surface area contributed by atoms with E-state index in [1.54, 1.807) is 0 Å². The van der Waals surface area contributed by atoms with Gasteiger partial charge in [0.05, 0.1) is 6.54 Å². The third-order valence-electron chi connectivity index (χ3n) is 3.28. The van der Waals surface area contributed by atoms with Crippen molar-refractivity contribution in [2.75, 3.05) is 19.6 Å². The molecule has 5 nitrogen and oxygen atoms in total. The molecule has 1 fully saturated rings. The first-order valence-electron chi connectivity index (χ1n) is 6.39. The number of piperazine rings is 1. The first-order valence-corrected chi connectivity index (χ1v) is 6.39. The Kier molecular flexibility index (Phi) is 3.79. The van der Waals surface area contributed by atoms with Crippen molar-refractivity contribution in [1.29, 1.82) is 0 Å².